The Morgan fingerprint density at radius 3 is 0.597 bits per heavy atom. The summed E-state index contributed by atoms with van der Waals surface area (Å²) < 4.78 is 182. The van der Waals surface area contributed by atoms with Crippen molar-refractivity contribution < 1.29 is 88.5 Å². The van der Waals surface area contributed by atoms with Crippen molar-refractivity contribution in [2.24, 2.45) is 67.0 Å². The van der Waals surface area contributed by atoms with Gasteiger partial charge in [-0.05, 0) is 147 Å². The predicted molar refractivity (Wildman–Crippen MR) is 485 cm³/mol. The van der Waals surface area contributed by atoms with Crippen molar-refractivity contribution in [3.8, 4) is 46.0 Å². The maximum absolute atomic E-state index is 15.9. The van der Waals surface area contributed by atoms with Crippen molar-refractivity contribution in [3.63, 3.8) is 0 Å². The number of ether oxygens (including phenoxy) is 4. The molecule has 13 rings (SSSR count). The van der Waals surface area contributed by atoms with Gasteiger partial charge in [0.25, 0.3) is 0 Å². The molecule has 124 heavy (non-hydrogen) atoms. The smallest absolute Gasteiger partial charge is 0.310 e. The Balaban J connectivity index is 1.16. The van der Waals surface area contributed by atoms with Crippen LogP contribution in [0.25, 0.3) is 0 Å². The summed E-state index contributed by atoms with van der Waals surface area (Å²) >= 11 is 0. The maximum Gasteiger partial charge on any atom is 0.310 e. The highest BCUT2D eigenvalue weighted by Crippen LogP contribution is 2.69. The van der Waals surface area contributed by atoms with E-state index in [-0.39, 0.29) is 118 Å². The van der Waals surface area contributed by atoms with Crippen LogP contribution < -0.4 is 35.7 Å². The van der Waals surface area contributed by atoms with E-state index in [9.17, 15) is 19.2 Å². The van der Waals surface area contributed by atoms with Crippen molar-refractivity contribution in [1.29, 1.82) is 0 Å². The average molecular weight is 1790 g/mol. The van der Waals surface area contributed by atoms with E-state index < -0.39 is 130 Å². The van der Waals surface area contributed by atoms with Crippen LogP contribution in [0.1, 0.15) is 382 Å². The van der Waals surface area contributed by atoms with Gasteiger partial charge in [-0.25, -0.2) is 0 Å². The number of fused-ring (bicyclic) bond motifs is 16. The molecule has 9 aliphatic carbocycles. The number of carbonyl (C=O) groups is 4. The topological polar surface area (TPSA) is 279 Å². The van der Waals surface area contributed by atoms with Gasteiger partial charge >= 0.3 is 40.5 Å². The molecule has 9 aliphatic rings. The standard InChI is InChI=1S/C100H144O20S4/c1-17-21-25-29-33-37-69-73-53-78(86(57-81(73)113-13)118-122(107,108)62-98-46-42-66(50-90(98)102)94(98,7)8)71(39-35-31-27-23-19-3)75-55-80(88(59-83(75)115-15)120-124(111,112)64-100-48-44-68(52-92(100)104)96(100,11)12)72(40-36-32-28-24-20-4)76-56-79(87(60-84(76)116-16)119-123(109,110)63-99-47-43-67(51-91(99)103)95(99,9)10)70(38-34-30-26-22-18-2)74-54-77(69)85(58-82(74)114-14)117-121(105,106)61-97-45-41-65(49-89(97)101)93(97,5)6/h53-60,65-72H,17-52,61-64H2,1-16H3/t65-,66-,67-,68-,69-,70-,71-,72-,97-,98-,99-,100-/m1/s1. The summed E-state index contributed by atoms with van der Waals surface area (Å²) in [7, 11) is -13.0. The second kappa shape index (κ2) is 37.0. The third-order valence-corrected chi connectivity index (χ3v) is 39.1. The van der Waals surface area contributed by atoms with E-state index in [1.165, 1.54) is 28.4 Å². The molecule has 0 saturated heterocycles. The van der Waals surface area contributed by atoms with E-state index in [1.54, 1.807) is 24.3 Å². The molecule has 0 spiro atoms. The number of Topliss-reactive ketones (excluding diaryl/α,β-unsaturated/α-hetero) is 4. The Labute approximate surface area is 742 Å². The first-order chi connectivity index (χ1) is 58.6. The van der Waals surface area contributed by atoms with E-state index in [0.29, 0.717) is 147 Å². The molecule has 4 aromatic rings. The SMILES string of the molecule is CCCCCCC[C@@H]1c2cc(c(OS(=O)(=O)C[C@]34CC[C@H](CC3=O)C4(C)C)cc2OC)[C@H](CCCCCCC)c2cc(c(OS(=O)(=O)C[C@]34CC[C@H](CC3=O)C4(C)C)cc2OC)[C@H](CCCCCCC)c2cc(c(OS(=O)(=O)C[C@]34CC[C@H](CC3=O)C4(C)C)cc2OC)[C@H](CCCCCCC)c2cc1c(OS(=O)(=O)C[C@]13CC[C@H](CC1=O)C3(C)C)cc2OC. The lowest BCUT2D eigenvalue weighted by Crippen LogP contribution is -2.43. The third kappa shape index (κ3) is 17.7. The van der Waals surface area contributed by atoms with Crippen LogP contribution in [-0.4, -0.2) is 108 Å². The molecule has 8 saturated carbocycles. The number of rotatable bonds is 44. The molecule has 24 heteroatoms. The van der Waals surface area contributed by atoms with E-state index in [2.05, 4.69) is 27.7 Å². The van der Waals surface area contributed by atoms with Crippen molar-refractivity contribution in [2.45, 2.75) is 338 Å². The average Bonchev–Trinajstić information content (AvgIpc) is 1.55. The predicted octanol–water partition coefficient (Wildman–Crippen LogP) is 22.4. The number of hydrogen-bond acceptors (Lipinski definition) is 20. The lowest BCUT2D eigenvalue weighted by molar-refractivity contribution is -0.128. The van der Waals surface area contributed by atoms with Gasteiger partial charge in [0.1, 0.15) is 69.1 Å². The minimum absolute atomic E-state index is 0.0248. The lowest BCUT2D eigenvalue weighted by atomic mass is 9.70. The van der Waals surface area contributed by atoms with Crippen molar-refractivity contribution in [2.75, 3.05) is 51.5 Å². The van der Waals surface area contributed by atoms with Crippen LogP contribution in [-0.2, 0) is 59.7 Å². The normalized spacial score (nSPS) is 27.9. The molecular weight excluding hydrogens is 1650 g/mol. The number of benzene rings is 4. The van der Waals surface area contributed by atoms with Gasteiger partial charge in [-0.1, -0.05) is 212 Å². The minimum Gasteiger partial charge on any atom is -0.496 e. The molecule has 0 aromatic heterocycles. The zero-order chi connectivity index (χ0) is 89.8. The first-order valence-corrected chi connectivity index (χ1v) is 53.6. The van der Waals surface area contributed by atoms with E-state index in [4.69, 9.17) is 35.7 Å². The van der Waals surface area contributed by atoms with Gasteiger partial charge in [-0.3, -0.25) is 19.2 Å². The molecule has 4 aromatic carbocycles. The second-order valence-electron chi connectivity index (χ2n) is 41.4. The van der Waals surface area contributed by atoms with Crippen LogP contribution in [0, 0.1) is 67.0 Å². The minimum atomic E-state index is -4.75. The van der Waals surface area contributed by atoms with Crippen LogP contribution in [0.15, 0.2) is 48.5 Å². The number of ketones is 4. The van der Waals surface area contributed by atoms with Crippen molar-refractivity contribution >= 4 is 63.6 Å². The van der Waals surface area contributed by atoms with E-state index in [0.717, 1.165) is 103 Å². The van der Waals surface area contributed by atoms with Crippen LogP contribution >= 0.6 is 0 Å². The van der Waals surface area contributed by atoms with E-state index in [1.807, 2.05) is 79.7 Å². The Morgan fingerprint density at radius 1 is 0.266 bits per heavy atom. The van der Waals surface area contributed by atoms with Gasteiger partial charge < -0.3 is 35.7 Å². The van der Waals surface area contributed by atoms with Crippen molar-refractivity contribution in [3.05, 3.63) is 93.0 Å². The molecular formula is C100H144O20S4. The molecule has 8 fully saturated rings. The molecule has 0 unspecified atom stereocenters. The third-order valence-electron chi connectivity index (χ3n) is 34.0. The van der Waals surface area contributed by atoms with Crippen LogP contribution in [0.5, 0.6) is 46.0 Å². The first kappa shape index (κ1) is 95.3. The van der Waals surface area contributed by atoms with Gasteiger partial charge in [0.15, 0.2) is 0 Å². The number of hydrogen-bond donors (Lipinski definition) is 0. The molecule has 0 aliphatic heterocycles. The largest absolute Gasteiger partial charge is 0.496 e. The van der Waals surface area contributed by atoms with E-state index >= 15 is 33.7 Å². The fourth-order valence-electron chi connectivity index (χ4n) is 25.6. The highest BCUT2D eigenvalue weighted by Gasteiger charge is 2.70. The van der Waals surface area contributed by atoms with Gasteiger partial charge in [-0.2, -0.15) is 33.7 Å². The molecule has 0 amide bonds. The molecule has 0 heterocycles. The Morgan fingerprint density at radius 2 is 0.444 bits per heavy atom. The van der Waals surface area contributed by atoms with Gasteiger partial charge in [-0.15, -0.1) is 0 Å². The molecule has 20 nitrogen and oxygen atoms in total. The summed E-state index contributed by atoms with van der Waals surface area (Å²) in [4.78, 5) is 58.2. The molecule has 0 radical (unpaired) electrons. The second-order valence-corrected chi connectivity index (χ2v) is 47.6. The monoisotopic (exact) mass is 1790 g/mol. The summed E-state index contributed by atoms with van der Waals surface area (Å²) in [5, 5.41) is 0. The molecule has 16 bridgehead atoms. The van der Waals surface area contributed by atoms with Crippen LogP contribution in [0.4, 0.5) is 0 Å². The van der Waals surface area contributed by atoms with Gasteiger partial charge in [0, 0.05) is 118 Å². The summed E-state index contributed by atoms with van der Waals surface area (Å²) in [6.07, 6.45) is 22.5. The summed E-state index contributed by atoms with van der Waals surface area (Å²) in [6, 6.07) is 14.2. The number of unbranched alkanes of at least 4 members (excludes halogenated alkanes) is 16. The Kier molecular flexibility index (Phi) is 28.4. The lowest BCUT2D eigenvalue weighted by Gasteiger charge is -2.36. The summed E-state index contributed by atoms with van der Waals surface area (Å²) in [5.41, 5.74) is -4.27. The Hall–Kier alpha value is -6.24. The molecule has 0 N–H and O–H groups in total. The fourth-order valence-corrected chi connectivity index (χ4v) is 32.6. The first-order valence-electron chi connectivity index (χ1n) is 47.3. The highest BCUT2D eigenvalue weighted by molar-refractivity contribution is 7.88. The summed E-state index contributed by atoms with van der Waals surface area (Å²) in [5.74, 6) is -6.23. The maximum atomic E-state index is 15.9. The number of methoxy groups -OCH3 is 4. The van der Waals surface area contributed by atoms with Crippen LogP contribution in [0.3, 0.4) is 0 Å². The Bertz CT molecular complexity index is 4490. The highest BCUT2D eigenvalue weighted by atomic mass is 32.2. The quantitative estimate of drug-likeness (QED) is 0.0294. The van der Waals surface area contributed by atoms with Gasteiger partial charge in [0.05, 0.1) is 73.1 Å². The molecule has 12 atom stereocenters. The zero-order valence-electron chi connectivity index (χ0n) is 77.3. The van der Waals surface area contributed by atoms with Crippen molar-refractivity contribution in [1.82, 2.24) is 0 Å². The van der Waals surface area contributed by atoms with Crippen LogP contribution in [0.2, 0.25) is 0 Å². The zero-order valence-corrected chi connectivity index (χ0v) is 80.6. The number of carbonyl (C=O) groups excluding carboxylic acids is 4. The molecule has 688 valence electrons. The fraction of sp³-hybridized carbons (Fsp3) is 0.720. The van der Waals surface area contributed by atoms with Gasteiger partial charge in [0.2, 0.25) is 0 Å². The summed E-state index contributed by atoms with van der Waals surface area (Å²) in [6.45, 7) is 24.5.